The van der Waals surface area contributed by atoms with Crippen LogP contribution in [0, 0.1) is 0 Å². The largest absolute Gasteiger partial charge is 0.357 e. The third kappa shape index (κ3) is 5.75. The van der Waals surface area contributed by atoms with Crippen LogP contribution in [0.3, 0.4) is 0 Å². The number of Topliss-reactive ketones (excluding diaryl/α,β-unsaturated/α-hetero) is 1. The summed E-state index contributed by atoms with van der Waals surface area (Å²) in [4.78, 5) is 41.2. The van der Waals surface area contributed by atoms with Crippen molar-refractivity contribution in [1.82, 2.24) is 19.9 Å². The van der Waals surface area contributed by atoms with Crippen molar-refractivity contribution in [3.05, 3.63) is 59.4 Å². The van der Waals surface area contributed by atoms with E-state index in [1.54, 1.807) is 30.5 Å². The zero-order valence-corrected chi connectivity index (χ0v) is 19.7. The Kier molecular flexibility index (Phi) is 7.78. The van der Waals surface area contributed by atoms with Crippen LogP contribution in [0.2, 0.25) is 5.02 Å². The zero-order chi connectivity index (χ0) is 24.0. The van der Waals surface area contributed by atoms with Crippen molar-refractivity contribution in [2.45, 2.75) is 13.8 Å². The molecule has 1 amide bonds. The Labute approximate surface area is 197 Å². The Balaban J connectivity index is 1.82. The number of likely N-dealkylation sites (N-methyl/N-ethyl adjacent to an activating group) is 1. The summed E-state index contributed by atoms with van der Waals surface area (Å²) >= 11 is 6.29. The Bertz CT molecular complexity index is 1130. The molecule has 0 bridgehead atoms. The number of ketones is 1. The van der Waals surface area contributed by atoms with Gasteiger partial charge in [0.2, 0.25) is 5.95 Å². The second kappa shape index (κ2) is 10.7. The van der Waals surface area contributed by atoms with Crippen molar-refractivity contribution in [3.63, 3.8) is 0 Å². The molecule has 2 N–H and O–H groups in total. The normalized spacial score (nSPS) is 10.5. The van der Waals surface area contributed by atoms with Crippen molar-refractivity contribution in [1.29, 1.82) is 0 Å². The first kappa shape index (κ1) is 23.9. The molecule has 0 saturated carbocycles. The van der Waals surface area contributed by atoms with E-state index < -0.39 is 11.7 Å². The number of hydrogen-bond acceptors (Lipinski definition) is 8. The zero-order valence-electron chi connectivity index (χ0n) is 19.0. The number of amides is 1. The average molecular weight is 468 g/mol. The quantitative estimate of drug-likeness (QED) is 0.357. The molecule has 0 atom stereocenters. The summed E-state index contributed by atoms with van der Waals surface area (Å²) in [5.74, 6) is 0.220. The maximum Gasteiger partial charge on any atom is 0.294 e. The van der Waals surface area contributed by atoms with Gasteiger partial charge in [-0.25, -0.2) is 9.97 Å². The van der Waals surface area contributed by atoms with Gasteiger partial charge >= 0.3 is 0 Å². The predicted octanol–water partition coefficient (Wildman–Crippen LogP) is 4.13. The number of benzene rings is 1. The molecule has 2 aromatic heterocycles. The van der Waals surface area contributed by atoms with Crippen molar-refractivity contribution in [2.75, 3.05) is 42.7 Å². The van der Waals surface area contributed by atoms with Gasteiger partial charge in [-0.15, -0.1) is 0 Å². The Morgan fingerprint density at radius 2 is 1.70 bits per heavy atom. The number of hydrogen-bond donors (Lipinski definition) is 2. The highest BCUT2D eigenvalue weighted by Gasteiger charge is 2.21. The van der Waals surface area contributed by atoms with Gasteiger partial charge in [0.1, 0.15) is 10.8 Å². The summed E-state index contributed by atoms with van der Waals surface area (Å²) in [5, 5.41) is 6.41. The lowest BCUT2D eigenvalue weighted by molar-refractivity contribution is -0.124. The number of aromatic nitrogens is 3. The summed E-state index contributed by atoms with van der Waals surface area (Å²) in [6.07, 6.45) is 3.16. The Morgan fingerprint density at radius 1 is 0.970 bits per heavy atom. The van der Waals surface area contributed by atoms with Crippen LogP contribution in [0.5, 0.6) is 0 Å². The van der Waals surface area contributed by atoms with E-state index in [2.05, 4.69) is 44.3 Å². The number of pyridine rings is 1. The molecule has 0 saturated heterocycles. The number of carbonyl (C=O) groups excluding carboxylic acids is 2. The van der Waals surface area contributed by atoms with Crippen LogP contribution in [0.15, 0.2) is 48.8 Å². The van der Waals surface area contributed by atoms with Crippen LogP contribution in [-0.2, 0) is 4.79 Å². The van der Waals surface area contributed by atoms with Crippen molar-refractivity contribution >= 4 is 52.3 Å². The molecule has 0 aliphatic carbocycles. The molecule has 0 spiro atoms. The molecule has 0 radical (unpaired) electrons. The number of nitrogens with one attached hydrogen (secondary N) is 2. The molecule has 3 rings (SSSR count). The fourth-order valence-electron chi connectivity index (χ4n) is 3.07. The van der Waals surface area contributed by atoms with Crippen LogP contribution in [0.25, 0.3) is 0 Å². The molecule has 33 heavy (non-hydrogen) atoms. The number of rotatable bonds is 9. The number of nitrogens with zero attached hydrogens (tertiary/aromatic N) is 5. The minimum atomic E-state index is -0.633. The second-order valence-corrected chi connectivity index (χ2v) is 7.70. The molecule has 3 aromatic rings. The van der Waals surface area contributed by atoms with Gasteiger partial charge in [-0.3, -0.25) is 9.59 Å². The highest BCUT2D eigenvalue weighted by atomic mass is 35.5. The van der Waals surface area contributed by atoms with E-state index in [1.807, 2.05) is 12.1 Å². The third-order valence-electron chi connectivity index (χ3n) is 4.86. The summed E-state index contributed by atoms with van der Waals surface area (Å²) in [5.41, 5.74) is 1.34. The SMILES string of the molecule is CCN(CC)c1ccc(Nc2ncc(Cl)c(Nc3ccccc3C(=O)C(=O)N(C)C)n2)cn1. The molecule has 0 aliphatic rings. The monoisotopic (exact) mass is 467 g/mol. The maximum atomic E-state index is 12.6. The highest BCUT2D eigenvalue weighted by molar-refractivity contribution is 6.43. The van der Waals surface area contributed by atoms with Gasteiger partial charge in [0.25, 0.3) is 11.7 Å². The first-order chi connectivity index (χ1) is 15.8. The van der Waals surface area contributed by atoms with E-state index in [-0.39, 0.29) is 10.6 Å². The lowest BCUT2D eigenvalue weighted by atomic mass is 10.1. The van der Waals surface area contributed by atoms with Crippen LogP contribution in [0.1, 0.15) is 24.2 Å². The molecule has 0 unspecified atom stereocenters. The molecule has 2 heterocycles. The minimum absolute atomic E-state index is 0.219. The first-order valence-corrected chi connectivity index (χ1v) is 10.8. The number of anilines is 5. The van der Waals surface area contributed by atoms with Gasteiger partial charge in [0, 0.05) is 27.2 Å². The number of para-hydroxylation sites is 1. The van der Waals surface area contributed by atoms with Gasteiger partial charge in [0.15, 0.2) is 5.82 Å². The van der Waals surface area contributed by atoms with E-state index >= 15 is 0 Å². The lowest BCUT2D eigenvalue weighted by Gasteiger charge is -2.19. The molecule has 0 fully saturated rings. The van der Waals surface area contributed by atoms with Crippen molar-refractivity contribution in [3.8, 4) is 0 Å². The summed E-state index contributed by atoms with van der Waals surface area (Å²) in [7, 11) is 3.05. The van der Waals surface area contributed by atoms with Crippen LogP contribution >= 0.6 is 11.6 Å². The molecule has 0 aliphatic heterocycles. The lowest BCUT2D eigenvalue weighted by Crippen LogP contribution is -2.30. The van der Waals surface area contributed by atoms with E-state index in [0.717, 1.165) is 18.9 Å². The second-order valence-electron chi connectivity index (χ2n) is 7.29. The molecule has 10 heteroatoms. The molecule has 172 valence electrons. The molecular formula is C23H26ClN7O2. The summed E-state index contributed by atoms with van der Waals surface area (Å²) in [6, 6.07) is 10.5. The maximum absolute atomic E-state index is 12.6. The fourth-order valence-corrected chi connectivity index (χ4v) is 3.21. The van der Waals surface area contributed by atoms with Crippen molar-refractivity contribution < 1.29 is 9.59 Å². The van der Waals surface area contributed by atoms with E-state index in [9.17, 15) is 9.59 Å². The van der Waals surface area contributed by atoms with Gasteiger partial charge in [-0.2, -0.15) is 4.98 Å². The minimum Gasteiger partial charge on any atom is -0.357 e. The van der Waals surface area contributed by atoms with Crippen molar-refractivity contribution in [2.24, 2.45) is 0 Å². The molecule has 9 nitrogen and oxygen atoms in total. The summed E-state index contributed by atoms with van der Waals surface area (Å²) in [6.45, 7) is 5.90. The van der Waals surface area contributed by atoms with Gasteiger partial charge < -0.3 is 20.4 Å². The Morgan fingerprint density at radius 3 is 2.33 bits per heavy atom. The van der Waals surface area contributed by atoms with Crippen LogP contribution in [0.4, 0.5) is 29.0 Å². The van der Waals surface area contributed by atoms with Gasteiger partial charge in [-0.05, 0) is 38.1 Å². The van der Waals surface area contributed by atoms with Crippen LogP contribution in [-0.4, -0.2) is 58.7 Å². The fraction of sp³-hybridized carbons (Fsp3) is 0.261. The van der Waals surface area contributed by atoms with Gasteiger partial charge in [-0.1, -0.05) is 23.7 Å². The highest BCUT2D eigenvalue weighted by Crippen LogP contribution is 2.27. The van der Waals surface area contributed by atoms with E-state index in [1.165, 1.54) is 25.2 Å². The summed E-state index contributed by atoms with van der Waals surface area (Å²) < 4.78 is 0. The van der Waals surface area contributed by atoms with Gasteiger partial charge in [0.05, 0.1) is 29.3 Å². The topological polar surface area (TPSA) is 103 Å². The Hall–Kier alpha value is -3.72. The standard InChI is InChI=1S/C23H26ClN7O2/c1-5-31(6-2)19-12-11-15(13-25-19)27-23-26-14-17(24)21(29-23)28-18-10-8-7-9-16(18)20(32)22(33)30(3)4/h7-14H,5-6H2,1-4H3,(H2,26,27,28,29). The van der Waals surface area contributed by atoms with E-state index in [0.29, 0.717) is 23.1 Å². The van der Waals surface area contributed by atoms with Crippen LogP contribution < -0.4 is 15.5 Å². The number of halogens is 1. The molecular weight excluding hydrogens is 442 g/mol. The smallest absolute Gasteiger partial charge is 0.294 e. The average Bonchev–Trinajstić information content (AvgIpc) is 2.82. The first-order valence-electron chi connectivity index (χ1n) is 10.5. The third-order valence-corrected chi connectivity index (χ3v) is 5.14. The number of carbonyl (C=O) groups is 2. The van der Waals surface area contributed by atoms with E-state index in [4.69, 9.17) is 11.6 Å². The predicted molar refractivity (Wildman–Crippen MR) is 131 cm³/mol. The molecule has 1 aromatic carbocycles.